The normalized spacial score (nSPS) is 15.5. The second-order valence-electron chi connectivity index (χ2n) is 6.86. The van der Waals surface area contributed by atoms with E-state index in [9.17, 15) is 4.79 Å². The van der Waals surface area contributed by atoms with E-state index in [0.29, 0.717) is 18.5 Å². The molecule has 0 aliphatic carbocycles. The molecular formula is C19H30N6O. The molecule has 2 N–H and O–H groups in total. The van der Waals surface area contributed by atoms with Gasteiger partial charge in [0, 0.05) is 46.0 Å². The molecule has 7 nitrogen and oxygen atoms in total. The van der Waals surface area contributed by atoms with Crippen LogP contribution in [0, 0.1) is 0 Å². The van der Waals surface area contributed by atoms with Crippen LogP contribution in [0.3, 0.4) is 0 Å². The molecule has 26 heavy (non-hydrogen) atoms. The number of likely N-dealkylation sites (N-methyl/N-ethyl adjacent to an activating group) is 1. The minimum atomic E-state index is -0.0219. The number of aromatic nitrogens is 1. The maximum absolute atomic E-state index is 11.8. The number of amides is 1. The lowest BCUT2D eigenvalue weighted by Crippen LogP contribution is -2.49. The molecule has 2 heterocycles. The monoisotopic (exact) mass is 358 g/mol. The Labute approximate surface area is 156 Å². The number of hydrogen-bond acceptors (Lipinski definition) is 4. The minimum absolute atomic E-state index is 0.0219. The van der Waals surface area contributed by atoms with Gasteiger partial charge in [0.2, 0.25) is 5.91 Å². The Bertz CT molecular complexity index is 620. The first kappa shape index (κ1) is 19.8. The molecule has 0 saturated carbocycles. The Kier molecular flexibility index (Phi) is 7.44. The molecule has 1 aromatic heterocycles. The van der Waals surface area contributed by atoms with E-state index in [1.807, 2.05) is 31.3 Å². The summed E-state index contributed by atoms with van der Waals surface area (Å²) in [6, 6.07) is 6.31. The summed E-state index contributed by atoms with van der Waals surface area (Å²) in [5.74, 6) is 1.67. The maximum Gasteiger partial charge on any atom is 0.243 e. The molecule has 0 radical (unpaired) electrons. The Hall–Kier alpha value is -2.57. The predicted molar refractivity (Wildman–Crippen MR) is 106 cm³/mol. The summed E-state index contributed by atoms with van der Waals surface area (Å²) in [6.07, 6.45) is 3.81. The average molecular weight is 358 g/mol. The van der Waals surface area contributed by atoms with Crippen molar-refractivity contribution in [3.05, 3.63) is 36.5 Å². The van der Waals surface area contributed by atoms with Gasteiger partial charge in [-0.25, -0.2) is 9.98 Å². The number of carbonyl (C=O) groups excluding carboxylic acids is 1. The van der Waals surface area contributed by atoms with Crippen molar-refractivity contribution in [3.63, 3.8) is 0 Å². The number of nitrogens with one attached hydrogen (secondary N) is 2. The summed E-state index contributed by atoms with van der Waals surface area (Å²) < 4.78 is 0. The molecule has 2 rings (SSSR count). The second kappa shape index (κ2) is 9.79. The second-order valence-corrected chi connectivity index (χ2v) is 6.86. The Balaban J connectivity index is 1.90. The molecule has 0 aromatic carbocycles. The molecule has 7 heteroatoms. The third-order valence-electron chi connectivity index (χ3n) is 4.24. The summed E-state index contributed by atoms with van der Waals surface area (Å²) in [4.78, 5) is 24.5. The van der Waals surface area contributed by atoms with Crippen molar-refractivity contribution in [2.45, 2.75) is 25.8 Å². The van der Waals surface area contributed by atoms with Gasteiger partial charge in [-0.2, -0.15) is 0 Å². The molecule has 0 bridgehead atoms. The highest BCUT2D eigenvalue weighted by molar-refractivity contribution is 5.85. The van der Waals surface area contributed by atoms with E-state index in [1.54, 1.807) is 19.0 Å². The van der Waals surface area contributed by atoms with Crippen molar-refractivity contribution in [3.8, 4) is 0 Å². The highest BCUT2D eigenvalue weighted by Crippen LogP contribution is 2.17. The molecule has 1 aliphatic heterocycles. The van der Waals surface area contributed by atoms with Gasteiger partial charge in [-0.05, 0) is 31.9 Å². The topological polar surface area (TPSA) is 72.9 Å². The zero-order valence-corrected chi connectivity index (χ0v) is 16.0. The van der Waals surface area contributed by atoms with E-state index in [1.165, 1.54) is 0 Å². The number of carbonyl (C=O) groups is 1. The van der Waals surface area contributed by atoms with Gasteiger partial charge in [-0.15, -0.1) is 0 Å². The summed E-state index contributed by atoms with van der Waals surface area (Å²) in [5, 5.41) is 6.70. The maximum atomic E-state index is 11.8. The van der Waals surface area contributed by atoms with Gasteiger partial charge in [0.25, 0.3) is 0 Å². The SMILES string of the molecule is C=C(C)CNC(=NCC(=O)N(C)C)NC1CCN(c2ccccn2)CC1. The zero-order valence-electron chi connectivity index (χ0n) is 16.0. The number of rotatable bonds is 6. The van der Waals surface area contributed by atoms with Crippen LogP contribution in [0.4, 0.5) is 5.82 Å². The summed E-state index contributed by atoms with van der Waals surface area (Å²) in [5.41, 5.74) is 1.02. The van der Waals surface area contributed by atoms with Crippen LogP contribution in [0.2, 0.25) is 0 Å². The van der Waals surface area contributed by atoms with E-state index in [-0.39, 0.29) is 12.5 Å². The van der Waals surface area contributed by atoms with Crippen LogP contribution in [0.25, 0.3) is 0 Å². The van der Waals surface area contributed by atoms with Crippen LogP contribution < -0.4 is 15.5 Å². The first-order valence-corrected chi connectivity index (χ1v) is 9.01. The molecule has 1 fully saturated rings. The predicted octanol–water partition coefficient (Wildman–Crippen LogP) is 1.25. The van der Waals surface area contributed by atoms with Crippen LogP contribution in [0.5, 0.6) is 0 Å². The van der Waals surface area contributed by atoms with Crippen molar-refractivity contribution in [1.29, 1.82) is 0 Å². The zero-order chi connectivity index (χ0) is 18.9. The van der Waals surface area contributed by atoms with E-state index in [2.05, 4.69) is 32.1 Å². The van der Waals surface area contributed by atoms with Gasteiger partial charge in [-0.3, -0.25) is 4.79 Å². The number of nitrogens with zero attached hydrogens (tertiary/aromatic N) is 4. The number of pyridine rings is 1. The molecule has 0 spiro atoms. The third-order valence-corrected chi connectivity index (χ3v) is 4.24. The Morgan fingerprint density at radius 3 is 2.69 bits per heavy atom. The molecule has 1 aromatic rings. The fourth-order valence-corrected chi connectivity index (χ4v) is 2.66. The lowest BCUT2D eigenvalue weighted by atomic mass is 10.1. The number of hydrogen-bond donors (Lipinski definition) is 2. The van der Waals surface area contributed by atoms with Crippen LogP contribution >= 0.6 is 0 Å². The molecule has 142 valence electrons. The first-order valence-electron chi connectivity index (χ1n) is 9.01. The molecule has 1 amide bonds. The molecular weight excluding hydrogens is 328 g/mol. The van der Waals surface area contributed by atoms with Crippen molar-refractivity contribution >= 4 is 17.7 Å². The van der Waals surface area contributed by atoms with Crippen molar-refractivity contribution < 1.29 is 4.79 Å². The minimum Gasteiger partial charge on any atom is -0.356 e. The Morgan fingerprint density at radius 1 is 1.38 bits per heavy atom. The average Bonchev–Trinajstić information content (AvgIpc) is 2.64. The smallest absolute Gasteiger partial charge is 0.243 e. The summed E-state index contributed by atoms with van der Waals surface area (Å²) >= 11 is 0. The number of piperidine rings is 1. The van der Waals surface area contributed by atoms with E-state index in [4.69, 9.17) is 0 Å². The van der Waals surface area contributed by atoms with Crippen molar-refractivity contribution in [2.75, 3.05) is 45.2 Å². The Morgan fingerprint density at radius 2 is 2.12 bits per heavy atom. The molecule has 0 atom stereocenters. The molecule has 1 saturated heterocycles. The summed E-state index contributed by atoms with van der Waals surface area (Å²) in [6.45, 7) is 8.52. The van der Waals surface area contributed by atoms with Crippen LogP contribution in [0.15, 0.2) is 41.5 Å². The molecule has 1 aliphatic rings. The fourth-order valence-electron chi connectivity index (χ4n) is 2.66. The van der Waals surface area contributed by atoms with Gasteiger partial charge in [0.15, 0.2) is 5.96 Å². The van der Waals surface area contributed by atoms with Gasteiger partial charge < -0.3 is 20.4 Å². The standard InChI is InChI=1S/C19H30N6O/c1-15(2)13-21-19(22-14-18(26)24(3)4)23-16-8-11-25(12-9-16)17-7-5-6-10-20-17/h5-7,10,16H,1,8-9,11-14H2,2-4H3,(H2,21,22,23). The van der Waals surface area contributed by atoms with E-state index >= 15 is 0 Å². The van der Waals surface area contributed by atoms with Crippen LogP contribution in [0.1, 0.15) is 19.8 Å². The highest BCUT2D eigenvalue weighted by atomic mass is 16.2. The summed E-state index contributed by atoms with van der Waals surface area (Å²) in [7, 11) is 3.47. The number of guanidine groups is 1. The lowest BCUT2D eigenvalue weighted by Gasteiger charge is -2.33. The lowest BCUT2D eigenvalue weighted by molar-refractivity contribution is -0.127. The largest absolute Gasteiger partial charge is 0.356 e. The van der Waals surface area contributed by atoms with E-state index < -0.39 is 0 Å². The van der Waals surface area contributed by atoms with Gasteiger partial charge in [-0.1, -0.05) is 18.2 Å². The molecule has 0 unspecified atom stereocenters. The highest BCUT2D eigenvalue weighted by Gasteiger charge is 2.21. The first-order chi connectivity index (χ1) is 12.5. The fraction of sp³-hybridized carbons (Fsp3) is 0.526. The van der Waals surface area contributed by atoms with Gasteiger partial charge in [0.05, 0.1) is 0 Å². The van der Waals surface area contributed by atoms with Gasteiger partial charge >= 0.3 is 0 Å². The third kappa shape index (κ3) is 6.38. The van der Waals surface area contributed by atoms with Crippen molar-refractivity contribution in [1.82, 2.24) is 20.5 Å². The number of anilines is 1. The number of aliphatic imine (C=N–C) groups is 1. The van der Waals surface area contributed by atoms with Gasteiger partial charge in [0.1, 0.15) is 12.4 Å². The van der Waals surface area contributed by atoms with Crippen LogP contribution in [-0.4, -0.2) is 68.1 Å². The quantitative estimate of drug-likeness (QED) is 0.455. The van der Waals surface area contributed by atoms with Crippen LogP contribution in [-0.2, 0) is 4.79 Å². The van der Waals surface area contributed by atoms with E-state index in [0.717, 1.165) is 37.3 Å². The van der Waals surface area contributed by atoms with Crippen molar-refractivity contribution in [2.24, 2.45) is 4.99 Å².